The van der Waals surface area contributed by atoms with Crippen LogP contribution in [0.1, 0.15) is 33.1 Å². The molecule has 0 amide bonds. The first-order valence-corrected chi connectivity index (χ1v) is 5.84. The Morgan fingerprint density at radius 3 is 2.06 bits per heavy atom. The molecule has 0 aromatic carbocycles. The number of ketones is 1. The van der Waals surface area contributed by atoms with Gasteiger partial charge in [0.2, 0.25) is 0 Å². The van der Waals surface area contributed by atoms with Gasteiger partial charge in [-0.1, -0.05) is 6.92 Å². The summed E-state index contributed by atoms with van der Waals surface area (Å²) >= 11 is 0. The summed E-state index contributed by atoms with van der Waals surface area (Å²) in [7, 11) is 5.49. The smallest absolute Gasteiger partial charge is 0.307 e. The summed E-state index contributed by atoms with van der Waals surface area (Å²) in [5, 5.41) is 19.3. The lowest BCUT2D eigenvalue weighted by Crippen LogP contribution is -2.61. The Kier molecular flexibility index (Phi) is 5.29. The highest BCUT2D eigenvalue weighted by atomic mass is 16.4. The molecule has 5 heteroatoms. The monoisotopic (exact) mass is 246 g/mol. The molecule has 2 unspecified atom stereocenters. The molecule has 0 heterocycles. The molecule has 0 bridgehead atoms. The molecule has 0 aliphatic carbocycles. The Morgan fingerprint density at radius 2 is 1.76 bits per heavy atom. The first-order valence-electron chi connectivity index (χ1n) is 5.84. The Balaban J connectivity index is 5.23. The third-order valence-electron chi connectivity index (χ3n) is 3.23. The third-order valence-corrected chi connectivity index (χ3v) is 3.23. The van der Waals surface area contributed by atoms with Crippen LogP contribution in [0, 0.1) is 0 Å². The molecule has 0 spiro atoms. The average Bonchev–Trinajstić information content (AvgIpc) is 2.14. The fraction of sp³-hybridized carbons (Fsp3) is 0.833. The highest BCUT2D eigenvalue weighted by Gasteiger charge is 2.48. The lowest BCUT2D eigenvalue weighted by molar-refractivity contribution is -0.900. The predicted molar refractivity (Wildman–Crippen MR) is 64.6 cm³/mol. The first-order chi connectivity index (χ1) is 7.55. The van der Waals surface area contributed by atoms with Crippen LogP contribution in [0.15, 0.2) is 0 Å². The molecule has 0 saturated carbocycles. The van der Waals surface area contributed by atoms with Gasteiger partial charge in [-0.3, -0.25) is 9.59 Å². The van der Waals surface area contributed by atoms with Crippen molar-refractivity contribution >= 4 is 11.8 Å². The molecule has 17 heavy (non-hydrogen) atoms. The van der Waals surface area contributed by atoms with Crippen molar-refractivity contribution < 1.29 is 24.3 Å². The van der Waals surface area contributed by atoms with Gasteiger partial charge in [-0.05, 0) is 13.3 Å². The number of carboxylic acids is 1. The maximum absolute atomic E-state index is 12.0. The van der Waals surface area contributed by atoms with Crippen LogP contribution in [0.4, 0.5) is 0 Å². The molecule has 0 radical (unpaired) electrons. The van der Waals surface area contributed by atoms with Crippen molar-refractivity contribution in [2.45, 2.75) is 44.8 Å². The van der Waals surface area contributed by atoms with Crippen molar-refractivity contribution in [3.8, 4) is 0 Å². The van der Waals surface area contributed by atoms with Crippen molar-refractivity contribution in [3.63, 3.8) is 0 Å². The average molecular weight is 246 g/mol. The zero-order valence-electron chi connectivity index (χ0n) is 11.4. The zero-order valence-corrected chi connectivity index (χ0v) is 11.4. The van der Waals surface area contributed by atoms with Gasteiger partial charge in [-0.15, -0.1) is 0 Å². The summed E-state index contributed by atoms with van der Waals surface area (Å²) in [4.78, 5) is 22.8. The van der Waals surface area contributed by atoms with Crippen LogP contribution in [0.2, 0.25) is 0 Å². The maximum Gasteiger partial charge on any atom is 0.307 e. The quantitative estimate of drug-likeness (QED) is 0.647. The van der Waals surface area contributed by atoms with E-state index in [9.17, 15) is 14.7 Å². The lowest BCUT2D eigenvalue weighted by Gasteiger charge is -2.40. The van der Waals surface area contributed by atoms with Gasteiger partial charge >= 0.3 is 5.97 Å². The number of likely N-dealkylation sites (N-methyl/N-ethyl adjacent to an activating group) is 1. The van der Waals surface area contributed by atoms with Crippen molar-refractivity contribution in [2.75, 3.05) is 21.1 Å². The van der Waals surface area contributed by atoms with E-state index in [0.29, 0.717) is 10.9 Å². The molecular weight excluding hydrogens is 222 g/mol. The van der Waals surface area contributed by atoms with Crippen molar-refractivity contribution in [3.05, 3.63) is 0 Å². The van der Waals surface area contributed by atoms with E-state index in [1.54, 1.807) is 6.92 Å². The summed E-state index contributed by atoms with van der Waals surface area (Å²) < 4.78 is 0.333. The minimum atomic E-state index is -1.79. The molecule has 0 aromatic heterocycles. The minimum Gasteiger partial charge on any atom is -0.481 e. The van der Waals surface area contributed by atoms with Gasteiger partial charge in [-0.25, -0.2) is 0 Å². The van der Waals surface area contributed by atoms with Crippen LogP contribution in [0.5, 0.6) is 0 Å². The fourth-order valence-corrected chi connectivity index (χ4v) is 1.79. The van der Waals surface area contributed by atoms with Crippen molar-refractivity contribution in [2.24, 2.45) is 0 Å². The number of hydrogen-bond acceptors (Lipinski definition) is 3. The van der Waals surface area contributed by atoms with E-state index in [0.717, 1.165) is 0 Å². The van der Waals surface area contributed by atoms with Gasteiger partial charge in [0.1, 0.15) is 6.04 Å². The van der Waals surface area contributed by atoms with Gasteiger partial charge in [0.05, 0.1) is 27.6 Å². The Bertz CT molecular complexity index is 295. The third kappa shape index (κ3) is 4.09. The molecule has 2 N–H and O–H groups in total. The van der Waals surface area contributed by atoms with E-state index in [-0.39, 0.29) is 12.2 Å². The van der Waals surface area contributed by atoms with E-state index in [4.69, 9.17) is 5.11 Å². The Labute approximate surface area is 103 Å². The van der Waals surface area contributed by atoms with E-state index >= 15 is 0 Å². The van der Waals surface area contributed by atoms with Gasteiger partial charge < -0.3 is 14.7 Å². The second kappa shape index (κ2) is 5.60. The van der Waals surface area contributed by atoms with E-state index in [1.165, 1.54) is 0 Å². The molecule has 0 fully saturated rings. The van der Waals surface area contributed by atoms with Crippen LogP contribution in [0.25, 0.3) is 0 Å². The van der Waals surface area contributed by atoms with Crippen molar-refractivity contribution in [1.82, 2.24) is 0 Å². The topological polar surface area (TPSA) is 74.6 Å². The number of aliphatic hydroxyl groups is 1. The van der Waals surface area contributed by atoms with Gasteiger partial charge in [0.25, 0.3) is 0 Å². The standard InChI is InChI=1S/C12H23NO4/c1-6-7-10(14)12(17,8-11(15)16)9(2)13(3,4)5/h9,17H,6-8H2,1-5H3/p+1. The molecule has 0 aliphatic rings. The van der Waals surface area contributed by atoms with Crippen LogP contribution in [-0.4, -0.2) is 59.2 Å². The SMILES string of the molecule is CCCC(=O)C(O)(CC(=O)O)C(C)[N+](C)(C)C. The fourth-order valence-electron chi connectivity index (χ4n) is 1.79. The summed E-state index contributed by atoms with van der Waals surface area (Å²) in [6.07, 6.45) is 0.265. The molecule has 2 atom stereocenters. The number of carbonyl (C=O) groups excluding carboxylic acids is 1. The number of nitrogens with zero attached hydrogens (tertiary/aromatic N) is 1. The summed E-state index contributed by atoms with van der Waals surface area (Å²) in [6, 6.07) is -0.474. The second-order valence-corrected chi connectivity index (χ2v) is 5.46. The molecule has 0 aliphatic heterocycles. The Morgan fingerprint density at radius 1 is 1.29 bits per heavy atom. The highest BCUT2D eigenvalue weighted by Crippen LogP contribution is 2.25. The summed E-state index contributed by atoms with van der Waals surface area (Å²) in [6.45, 7) is 3.53. The molecule has 100 valence electrons. The number of aliphatic carboxylic acids is 1. The number of carboxylic acid groups (broad SMARTS) is 1. The van der Waals surface area contributed by atoms with Gasteiger partial charge in [0, 0.05) is 6.42 Å². The number of Topliss-reactive ketones (excluding diaryl/α,β-unsaturated/α-hetero) is 1. The first kappa shape index (κ1) is 16.1. The van der Waals surface area contributed by atoms with Crippen LogP contribution in [-0.2, 0) is 9.59 Å². The van der Waals surface area contributed by atoms with E-state index in [1.807, 2.05) is 28.1 Å². The predicted octanol–water partition coefficient (Wildman–Crippen LogP) is 0.656. The summed E-state index contributed by atoms with van der Waals surface area (Å²) in [5.41, 5.74) is -1.79. The second-order valence-electron chi connectivity index (χ2n) is 5.46. The number of rotatable bonds is 7. The minimum absolute atomic E-state index is 0.203. The largest absolute Gasteiger partial charge is 0.481 e. The Hall–Kier alpha value is -0.940. The van der Waals surface area contributed by atoms with Gasteiger partial charge in [-0.2, -0.15) is 0 Å². The molecular formula is C12H24NO4+. The van der Waals surface area contributed by atoms with Crippen LogP contribution < -0.4 is 0 Å². The molecule has 5 nitrogen and oxygen atoms in total. The lowest BCUT2D eigenvalue weighted by atomic mass is 9.83. The van der Waals surface area contributed by atoms with Crippen LogP contribution in [0.3, 0.4) is 0 Å². The number of quaternary nitrogens is 1. The molecule has 0 rings (SSSR count). The van der Waals surface area contributed by atoms with E-state index < -0.39 is 24.0 Å². The normalized spacial score (nSPS) is 17.3. The van der Waals surface area contributed by atoms with Crippen molar-refractivity contribution in [1.29, 1.82) is 0 Å². The van der Waals surface area contributed by atoms with E-state index in [2.05, 4.69) is 0 Å². The highest BCUT2D eigenvalue weighted by molar-refractivity contribution is 5.91. The molecule has 0 saturated heterocycles. The van der Waals surface area contributed by atoms with Gasteiger partial charge in [0.15, 0.2) is 11.4 Å². The van der Waals surface area contributed by atoms with Crippen LogP contribution >= 0.6 is 0 Å². The number of hydrogen-bond donors (Lipinski definition) is 2. The molecule has 0 aromatic rings. The summed E-state index contributed by atoms with van der Waals surface area (Å²) in [5.74, 6) is -1.54. The number of carbonyl (C=O) groups is 2. The zero-order chi connectivity index (χ0) is 13.9. The maximum atomic E-state index is 12.0.